The third-order valence-electron chi connectivity index (χ3n) is 12.8. The second-order valence-corrected chi connectivity index (χ2v) is 18.6. The summed E-state index contributed by atoms with van der Waals surface area (Å²) < 4.78 is 6.12. The molecule has 1 unspecified atom stereocenters. The number of fused-ring (bicyclic) bond motifs is 1. The van der Waals surface area contributed by atoms with Crippen molar-refractivity contribution in [3.8, 4) is 16.2 Å². The van der Waals surface area contributed by atoms with Crippen LogP contribution in [0.2, 0.25) is 0 Å². The zero-order valence-electron chi connectivity index (χ0n) is 37.0. The van der Waals surface area contributed by atoms with Crippen molar-refractivity contribution >= 4 is 34.1 Å². The number of aromatic amines is 1. The number of aromatic hydroxyl groups is 1. The first-order chi connectivity index (χ1) is 32.1. The van der Waals surface area contributed by atoms with Gasteiger partial charge in [-0.15, -0.1) is 11.3 Å². The zero-order chi connectivity index (χ0) is 45.9. The molecule has 0 spiro atoms. The van der Waals surface area contributed by atoms with Crippen molar-refractivity contribution in [1.82, 2.24) is 15.6 Å². The van der Waals surface area contributed by atoms with Crippen LogP contribution in [0.15, 0.2) is 150 Å². The molecule has 1 aliphatic rings. The van der Waals surface area contributed by atoms with E-state index >= 15 is 0 Å². The normalized spacial score (nSPS) is 16.7. The Labute approximate surface area is 389 Å². The highest BCUT2D eigenvalue weighted by molar-refractivity contribution is 7.15. The van der Waals surface area contributed by atoms with Gasteiger partial charge in [0.25, 0.3) is 5.91 Å². The molecule has 0 aliphatic heterocycles. The smallest absolute Gasteiger partial charge is 0.347 e. The molecule has 0 saturated heterocycles. The Balaban J connectivity index is 0.864. The molecular formula is C55H57N3O7S. The number of hydrogen-bond acceptors (Lipinski definition) is 9. The largest absolute Gasteiger partial charge is 0.506 e. The Morgan fingerprint density at radius 3 is 2.30 bits per heavy atom. The highest BCUT2D eigenvalue weighted by atomic mass is 32.1. The summed E-state index contributed by atoms with van der Waals surface area (Å²) in [6.07, 6.45) is 7.99. The van der Waals surface area contributed by atoms with Gasteiger partial charge in [0.1, 0.15) is 5.75 Å². The summed E-state index contributed by atoms with van der Waals surface area (Å²) in [5.41, 5.74) is 3.01. The van der Waals surface area contributed by atoms with E-state index in [0.717, 1.165) is 53.0 Å². The number of aromatic nitrogens is 1. The lowest BCUT2D eigenvalue weighted by Gasteiger charge is -2.30. The molecule has 11 heteroatoms. The summed E-state index contributed by atoms with van der Waals surface area (Å²) in [4.78, 5) is 43.7. The van der Waals surface area contributed by atoms with Crippen LogP contribution in [-0.2, 0) is 34.6 Å². The van der Waals surface area contributed by atoms with E-state index in [4.69, 9.17) is 4.74 Å². The highest BCUT2D eigenvalue weighted by Crippen LogP contribution is 2.37. The van der Waals surface area contributed by atoms with Crippen molar-refractivity contribution in [2.24, 2.45) is 11.8 Å². The molecule has 2 heterocycles. The van der Waals surface area contributed by atoms with E-state index in [9.17, 15) is 29.7 Å². The molecule has 5 aromatic carbocycles. The number of amides is 1. The Kier molecular flexibility index (Phi) is 15.2. The summed E-state index contributed by atoms with van der Waals surface area (Å²) in [6.45, 7) is 1.27. The average Bonchev–Trinajstić information content (AvgIpc) is 3.82. The fourth-order valence-corrected chi connectivity index (χ4v) is 10.1. The van der Waals surface area contributed by atoms with Crippen LogP contribution in [0.4, 0.5) is 0 Å². The summed E-state index contributed by atoms with van der Waals surface area (Å²) in [6, 6.07) is 44.3. The number of benzene rings is 5. The second-order valence-electron chi connectivity index (χ2n) is 17.5. The van der Waals surface area contributed by atoms with Crippen LogP contribution in [-0.4, -0.2) is 45.3 Å². The van der Waals surface area contributed by atoms with Crippen molar-refractivity contribution in [2.45, 2.75) is 76.2 Å². The predicted molar refractivity (Wildman–Crippen MR) is 260 cm³/mol. The van der Waals surface area contributed by atoms with Gasteiger partial charge in [0.2, 0.25) is 11.2 Å². The molecule has 340 valence electrons. The minimum absolute atomic E-state index is 0.0639. The monoisotopic (exact) mass is 903 g/mol. The molecule has 0 bridgehead atoms. The van der Waals surface area contributed by atoms with E-state index in [-0.39, 0.29) is 41.8 Å². The molecule has 1 aliphatic carbocycles. The van der Waals surface area contributed by atoms with Crippen molar-refractivity contribution < 1.29 is 29.6 Å². The molecule has 4 atom stereocenters. The van der Waals surface area contributed by atoms with Gasteiger partial charge in [-0.3, -0.25) is 9.59 Å². The van der Waals surface area contributed by atoms with Gasteiger partial charge in [-0.25, -0.2) is 4.79 Å². The number of nitrogens with one attached hydrogen (secondary N) is 3. The van der Waals surface area contributed by atoms with E-state index in [2.05, 4.69) is 45.9 Å². The molecule has 10 nitrogen and oxygen atoms in total. The molecule has 66 heavy (non-hydrogen) atoms. The SMILES string of the molecule is O=C(NCc1ccc(-c2cccc([C@](O)(C(=O)OC[C@H]3CCCCCC(CCc4ccccc4)C3)c3ccccc3)c2)s1)c1ccc(CNC[C@H](O)c2ccc(O)c3[nH]c(=O)ccc23)cc1. The van der Waals surface area contributed by atoms with E-state index in [1.54, 1.807) is 42.5 Å². The summed E-state index contributed by atoms with van der Waals surface area (Å²) in [5.74, 6) is -0.156. The van der Waals surface area contributed by atoms with Crippen LogP contribution in [0.1, 0.15) is 94.1 Å². The molecule has 1 amide bonds. The maximum Gasteiger partial charge on any atom is 0.347 e. The number of esters is 1. The number of H-pyrrole nitrogens is 1. The van der Waals surface area contributed by atoms with Gasteiger partial charge in [0.05, 0.1) is 24.8 Å². The Hall–Kier alpha value is -6.37. The van der Waals surface area contributed by atoms with Crippen molar-refractivity contribution in [2.75, 3.05) is 13.2 Å². The van der Waals surface area contributed by atoms with Crippen molar-refractivity contribution in [1.29, 1.82) is 0 Å². The van der Waals surface area contributed by atoms with Crippen molar-refractivity contribution in [3.05, 3.63) is 194 Å². The van der Waals surface area contributed by atoms with Gasteiger partial charge in [-0.05, 0) is 108 Å². The molecule has 8 rings (SSSR count). The third kappa shape index (κ3) is 11.3. The minimum Gasteiger partial charge on any atom is -0.506 e. The van der Waals surface area contributed by atoms with Gasteiger partial charge >= 0.3 is 5.97 Å². The number of pyridine rings is 1. The standard InChI is InChI=1S/C55H57N3O7S/c59-48-28-26-46(47-27-30-51(61)58-52(47)48)49(60)35-56-33-39-21-23-41(24-22-39)53(62)57-34-45-25-29-50(66-45)42-15-10-18-44(32-42)55(64,43-16-8-3-9-17-43)54(63)65-36-40-14-7-2-6-13-38(31-40)20-19-37-11-4-1-5-12-37/h1,3-5,8-12,15-18,21-30,32,38,40,49,56,59-60,64H,2,6-7,13-14,19-20,31,33-36H2,(H,57,62)(H,58,61)/t38?,40-,49-,55-/m0/s1. The number of rotatable bonds is 17. The number of aliphatic hydroxyl groups is 2. The van der Waals surface area contributed by atoms with E-state index in [0.29, 0.717) is 46.6 Å². The highest BCUT2D eigenvalue weighted by Gasteiger charge is 2.42. The number of phenols is 1. The van der Waals surface area contributed by atoms with Crippen LogP contribution in [0, 0.1) is 11.8 Å². The number of phenolic OH excluding ortho intramolecular Hbond substituents is 1. The molecule has 7 aromatic rings. The van der Waals surface area contributed by atoms with E-state index in [1.807, 2.05) is 60.7 Å². The quantitative estimate of drug-likeness (QED) is 0.0493. The maximum absolute atomic E-state index is 14.2. The lowest BCUT2D eigenvalue weighted by Crippen LogP contribution is -2.39. The number of ether oxygens (including phenoxy) is 1. The average molecular weight is 904 g/mol. The minimum atomic E-state index is -2.01. The Morgan fingerprint density at radius 2 is 1.52 bits per heavy atom. The zero-order valence-corrected chi connectivity index (χ0v) is 37.8. The lowest BCUT2D eigenvalue weighted by atomic mass is 9.81. The molecule has 1 fully saturated rings. The number of hydrogen-bond donors (Lipinski definition) is 6. The van der Waals surface area contributed by atoms with Gasteiger partial charge < -0.3 is 35.7 Å². The van der Waals surface area contributed by atoms with Gasteiger partial charge in [-0.1, -0.05) is 123 Å². The summed E-state index contributed by atoms with van der Waals surface area (Å²) in [7, 11) is 0. The number of carbonyl (C=O) groups excluding carboxylic acids is 2. The van der Waals surface area contributed by atoms with Crippen LogP contribution >= 0.6 is 11.3 Å². The topological polar surface area (TPSA) is 161 Å². The number of aryl methyl sites for hydroxylation is 1. The number of carbonyl (C=O) groups is 2. The summed E-state index contributed by atoms with van der Waals surface area (Å²) >= 11 is 1.53. The van der Waals surface area contributed by atoms with E-state index < -0.39 is 17.7 Å². The molecular weight excluding hydrogens is 847 g/mol. The number of thiophene rings is 1. The van der Waals surface area contributed by atoms with E-state index in [1.165, 1.54) is 48.3 Å². The first-order valence-electron chi connectivity index (χ1n) is 22.9. The van der Waals surface area contributed by atoms with Crippen LogP contribution in [0.3, 0.4) is 0 Å². The van der Waals surface area contributed by atoms with Crippen molar-refractivity contribution in [3.63, 3.8) is 0 Å². The molecule has 0 radical (unpaired) electrons. The van der Waals surface area contributed by atoms with Crippen LogP contribution in [0.25, 0.3) is 21.3 Å². The Morgan fingerprint density at radius 1 is 0.773 bits per heavy atom. The Bertz CT molecular complexity index is 2770. The van der Waals surface area contributed by atoms with Crippen LogP contribution in [0.5, 0.6) is 5.75 Å². The van der Waals surface area contributed by atoms with Gasteiger partial charge in [-0.2, -0.15) is 0 Å². The van der Waals surface area contributed by atoms with Crippen LogP contribution < -0.4 is 16.2 Å². The molecule has 6 N–H and O–H groups in total. The van der Waals surface area contributed by atoms with Gasteiger partial charge in [0, 0.05) is 45.4 Å². The third-order valence-corrected chi connectivity index (χ3v) is 13.9. The fraction of sp³-hybridized carbons (Fsp3) is 0.291. The second kappa shape index (κ2) is 21.7. The lowest BCUT2D eigenvalue weighted by molar-refractivity contribution is -0.164. The molecule has 1 saturated carbocycles. The maximum atomic E-state index is 14.2. The predicted octanol–water partition coefficient (Wildman–Crippen LogP) is 9.71. The first-order valence-corrected chi connectivity index (χ1v) is 23.7. The fourth-order valence-electron chi connectivity index (χ4n) is 9.14. The number of aliphatic hydroxyl groups excluding tert-OH is 1. The van der Waals surface area contributed by atoms with Gasteiger partial charge in [0.15, 0.2) is 0 Å². The summed E-state index contributed by atoms with van der Waals surface area (Å²) in [5, 5.41) is 40.4. The first kappa shape index (κ1) is 46.2. The molecule has 2 aromatic heterocycles.